The van der Waals surface area contributed by atoms with Crippen LogP contribution in [0.2, 0.25) is 0 Å². The van der Waals surface area contributed by atoms with Crippen LogP contribution in [-0.2, 0) is 10.0 Å². The average molecular weight is 425 g/mol. The van der Waals surface area contributed by atoms with Gasteiger partial charge < -0.3 is 9.14 Å². The van der Waals surface area contributed by atoms with Crippen molar-refractivity contribution in [2.75, 3.05) is 17.1 Å². The van der Waals surface area contributed by atoms with Gasteiger partial charge >= 0.3 is 0 Å². The topological polar surface area (TPSA) is 72.7 Å². The molecule has 2 aromatic heterocycles. The van der Waals surface area contributed by atoms with Gasteiger partial charge in [-0.2, -0.15) is 0 Å². The van der Waals surface area contributed by atoms with Gasteiger partial charge in [0.05, 0.1) is 11.4 Å². The highest BCUT2D eigenvalue weighted by atomic mass is 32.2. The number of halogens is 1. The number of rotatable bonds is 7. The molecule has 1 N–H and O–H groups in total. The zero-order chi connectivity index (χ0) is 21.1. The lowest BCUT2D eigenvalue weighted by atomic mass is 10.1. The van der Waals surface area contributed by atoms with E-state index in [1.807, 2.05) is 48.0 Å². The number of imidazole rings is 1. The summed E-state index contributed by atoms with van der Waals surface area (Å²) in [6.07, 6.45) is 3.77. The molecule has 0 saturated heterocycles. The summed E-state index contributed by atoms with van der Waals surface area (Å²) in [7, 11) is -3.67. The molecule has 0 unspecified atom stereocenters. The van der Waals surface area contributed by atoms with Crippen LogP contribution < -0.4 is 9.46 Å². The second-order valence-electron chi connectivity index (χ2n) is 6.82. The Balaban J connectivity index is 1.51. The highest BCUT2D eigenvalue weighted by Gasteiger charge is 2.16. The van der Waals surface area contributed by atoms with Gasteiger partial charge in [0.1, 0.15) is 29.6 Å². The zero-order valence-electron chi connectivity index (χ0n) is 16.2. The summed E-state index contributed by atoms with van der Waals surface area (Å²) >= 11 is 0. The normalized spacial score (nSPS) is 11.5. The molecular weight excluding hydrogens is 405 g/mol. The molecule has 154 valence electrons. The Labute approximate surface area is 174 Å². The second-order valence-corrected chi connectivity index (χ2v) is 8.66. The number of pyridine rings is 1. The maximum atomic E-state index is 12.9. The van der Waals surface area contributed by atoms with Crippen LogP contribution in [0.3, 0.4) is 0 Å². The Hall–Kier alpha value is -3.39. The Morgan fingerprint density at radius 2 is 1.83 bits per heavy atom. The standard InChI is InChI=1S/C22H20FN3O3S/c1-16-5-4-12-26-15-21(24-22(16)26)19-6-2-3-7-20(19)25-30(27,28)14-13-29-18-10-8-17(23)9-11-18/h2-12,15,25H,13-14H2,1H3. The SMILES string of the molecule is Cc1cccn2cc(-c3ccccc3NS(=O)(=O)CCOc3ccc(F)cc3)nc12. The summed E-state index contributed by atoms with van der Waals surface area (Å²) in [5.41, 5.74) is 3.65. The first-order chi connectivity index (χ1) is 14.4. The van der Waals surface area contributed by atoms with Crippen LogP contribution in [0.15, 0.2) is 73.1 Å². The molecule has 0 bridgehead atoms. The first-order valence-electron chi connectivity index (χ1n) is 9.34. The second kappa shape index (κ2) is 8.16. The van der Waals surface area contributed by atoms with Crippen LogP contribution in [0.5, 0.6) is 5.75 Å². The van der Waals surface area contributed by atoms with Gasteiger partial charge in [-0.05, 0) is 48.9 Å². The molecule has 0 radical (unpaired) electrons. The van der Waals surface area contributed by atoms with E-state index >= 15 is 0 Å². The fraction of sp³-hybridized carbons (Fsp3) is 0.136. The predicted octanol–water partition coefficient (Wildman–Crippen LogP) is 4.27. The van der Waals surface area contributed by atoms with Gasteiger partial charge in [0.25, 0.3) is 0 Å². The highest BCUT2D eigenvalue weighted by molar-refractivity contribution is 7.92. The van der Waals surface area contributed by atoms with E-state index < -0.39 is 10.0 Å². The number of hydrogen-bond donors (Lipinski definition) is 1. The van der Waals surface area contributed by atoms with Crippen molar-refractivity contribution in [2.24, 2.45) is 0 Å². The lowest BCUT2D eigenvalue weighted by molar-refractivity contribution is 0.340. The Bertz CT molecular complexity index is 1280. The van der Waals surface area contributed by atoms with Crippen molar-refractivity contribution < 1.29 is 17.5 Å². The molecule has 6 nitrogen and oxygen atoms in total. The summed E-state index contributed by atoms with van der Waals surface area (Å²) in [5, 5.41) is 0. The monoisotopic (exact) mass is 425 g/mol. The highest BCUT2D eigenvalue weighted by Crippen LogP contribution is 2.28. The summed E-state index contributed by atoms with van der Waals surface area (Å²) in [4.78, 5) is 4.65. The van der Waals surface area contributed by atoms with Gasteiger partial charge in [0.15, 0.2) is 0 Å². The number of para-hydroxylation sites is 1. The first kappa shape index (κ1) is 19.9. The number of fused-ring (bicyclic) bond motifs is 1. The van der Waals surface area contributed by atoms with Crippen LogP contribution >= 0.6 is 0 Å². The number of ether oxygens (including phenoxy) is 1. The molecule has 0 fully saturated rings. The average Bonchev–Trinajstić information content (AvgIpc) is 3.15. The van der Waals surface area contributed by atoms with Crippen molar-refractivity contribution in [1.29, 1.82) is 0 Å². The minimum atomic E-state index is -3.67. The van der Waals surface area contributed by atoms with E-state index in [1.54, 1.807) is 12.1 Å². The molecule has 4 rings (SSSR count). The molecule has 0 amide bonds. The van der Waals surface area contributed by atoms with E-state index in [4.69, 9.17) is 4.74 Å². The summed E-state index contributed by atoms with van der Waals surface area (Å²) in [6.45, 7) is 1.92. The number of anilines is 1. The number of aryl methyl sites for hydroxylation is 1. The third kappa shape index (κ3) is 4.44. The number of benzene rings is 2. The molecule has 0 aliphatic rings. The number of aromatic nitrogens is 2. The van der Waals surface area contributed by atoms with Crippen LogP contribution in [0, 0.1) is 12.7 Å². The van der Waals surface area contributed by atoms with Gasteiger partial charge in [-0.25, -0.2) is 17.8 Å². The number of nitrogens with one attached hydrogen (secondary N) is 1. The van der Waals surface area contributed by atoms with Gasteiger partial charge in [-0.1, -0.05) is 24.3 Å². The van der Waals surface area contributed by atoms with Crippen molar-refractivity contribution in [1.82, 2.24) is 9.38 Å². The van der Waals surface area contributed by atoms with Gasteiger partial charge in [-0.3, -0.25) is 4.72 Å². The maximum absolute atomic E-state index is 12.9. The van der Waals surface area contributed by atoms with Crippen LogP contribution in [0.4, 0.5) is 10.1 Å². The molecule has 0 aliphatic heterocycles. The molecule has 4 aromatic rings. The van der Waals surface area contributed by atoms with Gasteiger partial charge in [0.2, 0.25) is 10.0 Å². The van der Waals surface area contributed by atoms with Gasteiger partial charge in [-0.15, -0.1) is 0 Å². The molecule has 2 aromatic carbocycles. The Morgan fingerprint density at radius 3 is 2.60 bits per heavy atom. The van der Waals surface area contributed by atoms with Crippen LogP contribution in [0.1, 0.15) is 5.56 Å². The lowest BCUT2D eigenvalue weighted by Crippen LogP contribution is -2.21. The van der Waals surface area contributed by atoms with Crippen molar-refractivity contribution in [2.45, 2.75) is 6.92 Å². The summed E-state index contributed by atoms with van der Waals surface area (Å²) < 4.78 is 48.0. The third-order valence-corrected chi connectivity index (χ3v) is 5.82. The number of nitrogens with zero attached hydrogens (tertiary/aromatic N) is 2. The van der Waals surface area contributed by atoms with Crippen LogP contribution in [0.25, 0.3) is 16.9 Å². The van der Waals surface area contributed by atoms with E-state index in [9.17, 15) is 12.8 Å². The number of sulfonamides is 1. The minimum absolute atomic E-state index is 0.0588. The Morgan fingerprint density at radius 1 is 1.07 bits per heavy atom. The predicted molar refractivity (Wildman–Crippen MR) is 115 cm³/mol. The first-order valence-corrected chi connectivity index (χ1v) is 11.0. The molecule has 0 aliphatic carbocycles. The molecule has 0 saturated carbocycles. The van der Waals surface area contributed by atoms with E-state index in [-0.39, 0.29) is 18.2 Å². The fourth-order valence-electron chi connectivity index (χ4n) is 3.10. The van der Waals surface area contributed by atoms with E-state index in [0.717, 1.165) is 11.2 Å². The largest absolute Gasteiger partial charge is 0.492 e. The van der Waals surface area contributed by atoms with E-state index in [1.165, 1.54) is 24.3 Å². The molecule has 8 heteroatoms. The smallest absolute Gasteiger partial charge is 0.236 e. The maximum Gasteiger partial charge on any atom is 0.236 e. The van der Waals surface area contributed by atoms with Crippen molar-refractivity contribution in [3.63, 3.8) is 0 Å². The fourth-order valence-corrected chi connectivity index (χ4v) is 4.02. The third-order valence-electron chi connectivity index (χ3n) is 4.58. The lowest BCUT2D eigenvalue weighted by Gasteiger charge is -2.12. The van der Waals surface area contributed by atoms with Crippen molar-refractivity contribution in [3.05, 3.63) is 84.4 Å². The van der Waals surface area contributed by atoms with E-state index in [2.05, 4.69) is 9.71 Å². The molecular formula is C22H20FN3O3S. The summed E-state index contributed by atoms with van der Waals surface area (Å²) in [5.74, 6) is -0.217. The molecule has 0 spiro atoms. The minimum Gasteiger partial charge on any atom is -0.492 e. The van der Waals surface area contributed by atoms with Crippen molar-refractivity contribution in [3.8, 4) is 17.0 Å². The molecule has 30 heavy (non-hydrogen) atoms. The zero-order valence-corrected chi connectivity index (χ0v) is 17.1. The van der Waals surface area contributed by atoms with E-state index in [0.29, 0.717) is 22.7 Å². The molecule has 0 atom stereocenters. The summed E-state index contributed by atoms with van der Waals surface area (Å²) in [6, 6.07) is 16.5. The quantitative estimate of drug-likeness (QED) is 0.480. The Kier molecular flexibility index (Phi) is 5.41. The van der Waals surface area contributed by atoms with Crippen LogP contribution in [-0.4, -0.2) is 30.2 Å². The molecule has 2 heterocycles. The van der Waals surface area contributed by atoms with Crippen molar-refractivity contribution >= 4 is 21.4 Å². The number of hydrogen-bond acceptors (Lipinski definition) is 4. The van der Waals surface area contributed by atoms with Gasteiger partial charge in [0, 0.05) is 18.0 Å².